The number of aromatic nitrogens is 4. The molecular formula is C24H25N7O. The molecule has 0 atom stereocenters. The number of aromatic amines is 1. The number of nitrogens with zero attached hydrogens (tertiary/aromatic N) is 5. The molecular weight excluding hydrogens is 402 g/mol. The standard InChI is InChI=1S/C24H25N7O/c25-12-10-16-6-8-18(9-7-16)31-21(15-30(32)23(26)17-4-2-1-3-5-17)29-20-14-28-24-19(22(20)31)11-13-27-24/h1-5,11,13-14,16,18,26,32H,6-10,15H2,(H,27,28)/t16-,18-. The van der Waals surface area contributed by atoms with Crippen LogP contribution in [0.4, 0.5) is 0 Å². The number of pyridine rings is 1. The molecule has 0 radical (unpaired) electrons. The van der Waals surface area contributed by atoms with Crippen molar-refractivity contribution in [3.63, 3.8) is 0 Å². The SMILES string of the molecule is N#CC[C@H]1CC[C@H](n2c(CN(O)C(=N)c3ccccc3)nc3cnc4[nH]ccc4c32)CC1. The smallest absolute Gasteiger partial charge is 0.152 e. The van der Waals surface area contributed by atoms with Crippen LogP contribution in [0.15, 0.2) is 48.8 Å². The van der Waals surface area contributed by atoms with E-state index in [1.54, 1.807) is 18.3 Å². The van der Waals surface area contributed by atoms with Gasteiger partial charge in [-0.3, -0.25) is 10.6 Å². The van der Waals surface area contributed by atoms with E-state index in [9.17, 15) is 5.21 Å². The molecule has 1 aromatic carbocycles. The van der Waals surface area contributed by atoms with E-state index in [1.807, 2.05) is 30.5 Å². The lowest BCUT2D eigenvalue weighted by Gasteiger charge is -2.30. The van der Waals surface area contributed by atoms with Crippen molar-refractivity contribution in [2.75, 3.05) is 0 Å². The highest BCUT2D eigenvalue weighted by Gasteiger charge is 2.28. The van der Waals surface area contributed by atoms with E-state index in [2.05, 4.69) is 20.6 Å². The Labute approximate surface area is 185 Å². The first-order valence-electron chi connectivity index (χ1n) is 11.0. The molecule has 8 heteroatoms. The third kappa shape index (κ3) is 3.61. The van der Waals surface area contributed by atoms with Crippen LogP contribution in [0.2, 0.25) is 0 Å². The highest BCUT2D eigenvalue weighted by Crippen LogP contribution is 2.38. The van der Waals surface area contributed by atoms with Crippen LogP contribution in [0.3, 0.4) is 0 Å². The Morgan fingerprint density at radius 2 is 2.00 bits per heavy atom. The van der Waals surface area contributed by atoms with Crippen LogP contribution >= 0.6 is 0 Å². The van der Waals surface area contributed by atoms with Gasteiger partial charge in [0.05, 0.1) is 17.8 Å². The van der Waals surface area contributed by atoms with Crippen molar-refractivity contribution in [2.45, 2.75) is 44.7 Å². The quantitative estimate of drug-likeness (QED) is 0.241. The summed E-state index contributed by atoms with van der Waals surface area (Å²) in [7, 11) is 0. The van der Waals surface area contributed by atoms with E-state index >= 15 is 0 Å². The fourth-order valence-electron chi connectivity index (χ4n) is 4.84. The predicted octanol–water partition coefficient (Wildman–Crippen LogP) is 4.77. The number of amidine groups is 1. The average Bonchev–Trinajstić information content (AvgIpc) is 3.44. The van der Waals surface area contributed by atoms with Crippen LogP contribution in [-0.4, -0.2) is 35.6 Å². The van der Waals surface area contributed by atoms with Gasteiger partial charge in [-0.15, -0.1) is 0 Å². The minimum Gasteiger partial charge on any atom is -0.346 e. The van der Waals surface area contributed by atoms with Gasteiger partial charge in [-0.1, -0.05) is 30.3 Å². The second-order valence-corrected chi connectivity index (χ2v) is 8.44. The number of hydrogen-bond acceptors (Lipinski definition) is 5. The summed E-state index contributed by atoms with van der Waals surface area (Å²) in [5.74, 6) is 1.19. The normalized spacial score (nSPS) is 18.6. The molecule has 3 heterocycles. The fourth-order valence-corrected chi connectivity index (χ4v) is 4.84. The Morgan fingerprint density at radius 3 is 2.75 bits per heavy atom. The molecule has 1 aliphatic carbocycles. The van der Waals surface area contributed by atoms with E-state index in [-0.39, 0.29) is 18.4 Å². The molecule has 1 fully saturated rings. The van der Waals surface area contributed by atoms with E-state index in [0.717, 1.165) is 52.8 Å². The van der Waals surface area contributed by atoms with Gasteiger partial charge in [-0.05, 0) is 37.7 Å². The van der Waals surface area contributed by atoms with Gasteiger partial charge < -0.3 is 9.55 Å². The lowest BCUT2D eigenvalue weighted by atomic mass is 9.84. The summed E-state index contributed by atoms with van der Waals surface area (Å²) in [4.78, 5) is 12.5. The summed E-state index contributed by atoms with van der Waals surface area (Å²) >= 11 is 0. The number of hydrogen-bond donors (Lipinski definition) is 3. The van der Waals surface area contributed by atoms with Gasteiger partial charge in [0.25, 0.3) is 0 Å². The van der Waals surface area contributed by atoms with Crippen molar-refractivity contribution in [1.82, 2.24) is 24.6 Å². The van der Waals surface area contributed by atoms with E-state index < -0.39 is 0 Å². The van der Waals surface area contributed by atoms with Gasteiger partial charge in [-0.25, -0.2) is 15.0 Å². The molecule has 0 saturated heterocycles. The van der Waals surface area contributed by atoms with Crippen LogP contribution in [0, 0.1) is 22.7 Å². The molecule has 0 spiro atoms. The predicted molar refractivity (Wildman–Crippen MR) is 121 cm³/mol. The Morgan fingerprint density at radius 1 is 1.22 bits per heavy atom. The monoisotopic (exact) mass is 427 g/mol. The third-order valence-corrected chi connectivity index (χ3v) is 6.47. The third-order valence-electron chi connectivity index (χ3n) is 6.47. The van der Waals surface area contributed by atoms with Crippen LogP contribution in [-0.2, 0) is 6.54 Å². The second kappa shape index (κ2) is 8.44. The van der Waals surface area contributed by atoms with Crippen molar-refractivity contribution in [1.29, 1.82) is 10.7 Å². The maximum absolute atomic E-state index is 10.8. The lowest BCUT2D eigenvalue weighted by Crippen LogP contribution is -2.29. The molecule has 32 heavy (non-hydrogen) atoms. The number of fused-ring (bicyclic) bond motifs is 3. The second-order valence-electron chi connectivity index (χ2n) is 8.44. The Kier molecular flexibility index (Phi) is 5.33. The number of nitriles is 1. The van der Waals surface area contributed by atoms with Crippen LogP contribution < -0.4 is 0 Å². The minimum absolute atomic E-state index is 0.0341. The van der Waals surface area contributed by atoms with Crippen molar-refractivity contribution < 1.29 is 5.21 Å². The minimum atomic E-state index is 0.0341. The van der Waals surface area contributed by atoms with E-state index in [0.29, 0.717) is 23.7 Å². The summed E-state index contributed by atoms with van der Waals surface area (Å²) in [5, 5.41) is 30.2. The van der Waals surface area contributed by atoms with Gasteiger partial charge in [0.15, 0.2) is 5.84 Å². The van der Waals surface area contributed by atoms with Gasteiger partial charge in [0.1, 0.15) is 23.5 Å². The number of benzene rings is 1. The summed E-state index contributed by atoms with van der Waals surface area (Å²) in [5.41, 5.74) is 3.24. The summed E-state index contributed by atoms with van der Waals surface area (Å²) in [6, 6.07) is 13.7. The van der Waals surface area contributed by atoms with E-state index in [4.69, 9.17) is 15.7 Å². The largest absolute Gasteiger partial charge is 0.346 e. The molecule has 3 aromatic heterocycles. The first kappa shape index (κ1) is 20.2. The molecule has 5 rings (SSSR count). The molecule has 1 saturated carbocycles. The Bertz CT molecular complexity index is 1290. The molecule has 8 nitrogen and oxygen atoms in total. The number of nitrogens with one attached hydrogen (secondary N) is 2. The van der Waals surface area contributed by atoms with Crippen molar-refractivity contribution in [3.8, 4) is 6.07 Å². The molecule has 0 amide bonds. The van der Waals surface area contributed by atoms with Gasteiger partial charge in [0.2, 0.25) is 0 Å². The van der Waals surface area contributed by atoms with Crippen LogP contribution in [0.1, 0.15) is 49.5 Å². The lowest BCUT2D eigenvalue weighted by molar-refractivity contribution is -0.0262. The van der Waals surface area contributed by atoms with Gasteiger partial charge >= 0.3 is 0 Å². The number of imidazole rings is 1. The number of hydroxylamine groups is 2. The average molecular weight is 428 g/mol. The molecule has 1 aliphatic rings. The van der Waals surface area contributed by atoms with Gasteiger partial charge in [-0.2, -0.15) is 5.26 Å². The molecule has 3 N–H and O–H groups in total. The van der Waals surface area contributed by atoms with Crippen LogP contribution in [0.5, 0.6) is 0 Å². The zero-order valence-corrected chi connectivity index (χ0v) is 17.7. The van der Waals surface area contributed by atoms with Crippen molar-refractivity contribution in [2.24, 2.45) is 5.92 Å². The maximum atomic E-state index is 10.8. The maximum Gasteiger partial charge on any atom is 0.152 e. The Hall–Kier alpha value is -3.70. The van der Waals surface area contributed by atoms with Gasteiger partial charge in [0, 0.05) is 29.6 Å². The molecule has 162 valence electrons. The first-order chi connectivity index (χ1) is 15.7. The molecule has 0 unspecified atom stereocenters. The topological polar surface area (TPSA) is 118 Å². The molecule has 4 aromatic rings. The first-order valence-corrected chi connectivity index (χ1v) is 11.0. The zero-order valence-electron chi connectivity index (χ0n) is 17.7. The van der Waals surface area contributed by atoms with Crippen molar-refractivity contribution in [3.05, 3.63) is 60.2 Å². The number of rotatable bonds is 5. The van der Waals surface area contributed by atoms with Crippen LogP contribution in [0.25, 0.3) is 22.1 Å². The van der Waals surface area contributed by atoms with E-state index in [1.165, 1.54) is 0 Å². The molecule has 0 bridgehead atoms. The highest BCUT2D eigenvalue weighted by atomic mass is 16.5. The number of H-pyrrole nitrogens is 1. The Balaban J connectivity index is 1.53. The summed E-state index contributed by atoms with van der Waals surface area (Å²) in [6.07, 6.45) is 8.17. The zero-order chi connectivity index (χ0) is 22.1. The molecule has 0 aliphatic heterocycles. The van der Waals surface area contributed by atoms with Crippen molar-refractivity contribution >= 4 is 27.9 Å². The summed E-state index contributed by atoms with van der Waals surface area (Å²) in [6.45, 7) is 0.104. The highest BCUT2D eigenvalue weighted by molar-refractivity contribution is 6.01. The summed E-state index contributed by atoms with van der Waals surface area (Å²) < 4.78 is 2.23. The fraction of sp³-hybridized carbons (Fsp3) is 0.333.